The van der Waals surface area contributed by atoms with Gasteiger partial charge < -0.3 is 29.2 Å². The molecular formula is C32H62N2O6P2Tc. The van der Waals surface area contributed by atoms with Crippen molar-refractivity contribution in [3.63, 3.8) is 0 Å². The summed E-state index contributed by atoms with van der Waals surface area (Å²) in [5, 5.41) is 24.7. The van der Waals surface area contributed by atoms with Crippen LogP contribution in [0.25, 0.3) is 0 Å². The van der Waals surface area contributed by atoms with Crippen molar-refractivity contribution < 1.29 is 49.3 Å². The first-order valence-corrected chi connectivity index (χ1v) is 20.5. The molecule has 0 saturated heterocycles. The number of aliphatic imine (C=N–C) groups is 2. The summed E-state index contributed by atoms with van der Waals surface area (Å²) in [6, 6.07) is 0. The summed E-state index contributed by atoms with van der Waals surface area (Å²) in [6.45, 7) is 26.6. The van der Waals surface area contributed by atoms with Gasteiger partial charge in [-0.05, 0) is 82.4 Å². The van der Waals surface area contributed by atoms with Gasteiger partial charge in [-0.2, -0.15) is 0 Å². The van der Waals surface area contributed by atoms with Crippen molar-refractivity contribution in [2.45, 2.75) is 90.6 Å². The Bertz CT molecular complexity index is 855. The molecule has 0 amide bonds. The van der Waals surface area contributed by atoms with Gasteiger partial charge in [-0.1, -0.05) is 11.5 Å². The zero-order chi connectivity index (χ0) is 32.8. The monoisotopic (exact) mass is 731 g/mol. The molecule has 0 aromatic heterocycles. The molecule has 0 N–H and O–H groups in total. The van der Waals surface area contributed by atoms with Crippen LogP contribution >= 0.6 is 15.8 Å². The Balaban J connectivity index is 0. The van der Waals surface area contributed by atoms with E-state index in [0.29, 0.717) is 24.2 Å². The minimum Gasteiger partial charge on any atom is -0.873 e. The molecule has 0 unspecified atom stereocenters. The summed E-state index contributed by atoms with van der Waals surface area (Å²) >= 11 is 0. The molecule has 8 nitrogen and oxygen atoms in total. The van der Waals surface area contributed by atoms with Gasteiger partial charge in [0.1, 0.15) is 0 Å². The molecule has 0 saturated carbocycles. The van der Waals surface area contributed by atoms with Gasteiger partial charge in [0.25, 0.3) is 0 Å². The molecule has 2 rings (SSSR count). The van der Waals surface area contributed by atoms with E-state index in [-0.39, 0.29) is 47.5 Å². The quantitative estimate of drug-likeness (QED) is 0.157. The van der Waals surface area contributed by atoms with Crippen LogP contribution in [-0.2, 0) is 39.1 Å². The fourth-order valence-corrected chi connectivity index (χ4v) is 6.37. The maximum absolute atomic E-state index is 12.4. The van der Waals surface area contributed by atoms with Gasteiger partial charge in [-0.25, -0.2) is 0 Å². The van der Waals surface area contributed by atoms with E-state index in [1.165, 1.54) is 25.2 Å². The molecule has 0 aromatic rings. The Labute approximate surface area is 279 Å². The minimum absolute atomic E-state index is 0. The third-order valence-electron chi connectivity index (χ3n) is 6.75. The second kappa shape index (κ2) is 20.8. The van der Waals surface area contributed by atoms with Crippen LogP contribution in [0.2, 0.25) is 0 Å². The fourth-order valence-electron chi connectivity index (χ4n) is 4.67. The van der Waals surface area contributed by atoms with Crippen LogP contribution in [0.15, 0.2) is 32.6 Å². The van der Waals surface area contributed by atoms with Gasteiger partial charge in [-0.15, -0.1) is 0 Å². The summed E-state index contributed by atoms with van der Waals surface area (Å²) in [7, 11) is 3.55. The van der Waals surface area contributed by atoms with Gasteiger partial charge in [0.2, 0.25) is 0 Å². The Morgan fingerprint density at radius 2 is 0.930 bits per heavy atom. The van der Waals surface area contributed by atoms with Crippen LogP contribution in [0.5, 0.6) is 0 Å². The fraction of sp³-hybridized carbons (Fsp3) is 0.812. The molecule has 0 atom stereocenters. The molecule has 0 fully saturated rings. The van der Waals surface area contributed by atoms with E-state index in [0.717, 1.165) is 13.2 Å². The van der Waals surface area contributed by atoms with Gasteiger partial charge in [-0.3, -0.25) is 9.98 Å². The van der Waals surface area contributed by atoms with E-state index < -0.39 is 22.4 Å². The first kappa shape index (κ1) is 44.9. The maximum Gasteiger partial charge on any atom is 0.0893 e. The second-order valence-electron chi connectivity index (χ2n) is 13.4. The van der Waals surface area contributed by atoms with Gasteiger partial charge in [0.15, 0.2) is 0 Å². The van der Waals surface area contributed by atoms with Crippen molar-refractivity contribution >= 4 is 28.3 Å². The van der Waals surface area contributed by atoms with Crippen molar-refractivity contribution in [2.24, 2.45) is 9.98 Å². The molecule has 0 aromatic carbocycles. The molecule has 0 spiro atoms. The molecule has 253 valence electrons. The van der Waals surface area contributed by atoms with Gasteiger partial charge in [0.05, 0.1) is 47.8 Å². The average Bonchev–Trinajstić information content (AvgIpc) is 3.10. The number of hydrogen-bond donors (Lipinski definition) is 0. The topological polar surface area (TPSA) is 108 Å². The summed E-state index contributed by atoms with van der Waals surface area (Å²) in [5.41, 5.74) is -1.79. The van der Waals surface area contributed by atoms with E-state index in [4.69, 9.17) is 18.9 Å². The van der Waals surface area contributed by atoms with Crippen LogP contribution in [0, 0.1) is 0 Å². The van der Waals surface area contributed by atoms with Crippen molar-refractivity contribution in [3.8, 4) is 0 Å². The molecule has 2 aliphatic heterocycles. The summed E-state index contributed by atoms with van der Waals surface area (Å²) < 4.78 is 21.4. The van der Waals surface area contributed by atoms with Crippen LogP contribution in [-0.4, -0.2) is 114 Å². The second-order valence-corrected chi connectivity index (χ2v) is 19.2. The zero-order valence-corrected chi connectivity index (χ0v) is 33.4. The largest absolute Gasteiger partial charge is 0.873 e. The summed E-state index contributed by atoms with van der Waals surface area (Å²) in [5.74, 6) is -0.0778. The molecular weight excluding hydrogens is 669 g/mol. The third kappa shape index (κ3) is 16.8. The molecule has 1 radical (unpaired) electrons. The van der Waals surface area contributed by atoms with Gasteiger partial charge in [0, 0.05) is 99.5 Å². The molecule has 0 bridgehead atoms. The predicted molar refractivity (Wildman–Crippen MR) is 182 cm³/mol. The maximum atomic E-state index is 12.4. The molecule has 43 heavy (non-hydrogen) atoms. The van der Waals surface area contributed by atoms with E-state index in [1.54, 1.807) is 54.3 Å². The number of ether oxygens (including phenoxy) is 4. The van der Waals surface area contributed by atoms with Crippen molar-refractivity contribution in [1.82, 2.24) is 0 Å². The Morgan fingerprint density at radius 1 is 0.628 bits per heavy atom. The number of nitrogens with zero attached hydrogens (tertiary/aromatic N) is 2. The third-order valence-corrected chi connectivity index (χ3v) is 9.46. The summed E-state index contributed by atoms with van der Waals surface area (Å²) in [6.07, 6.45) is 8.46. The van der Waals surface area contributed by atoms with Crippen molar-refractivity contribution in [3.05, 3.63) is 22.7 Å². The first-order valence-electron chi connectivity index (χ1n) is 15.1. The smallest absolute Gasteiger partial charge is 0.0893 e. The van der Waals surface area contributed by atoms with Crippen LogP contribution < -0.4 is 10.2 Å². The van der Waals surface area contributed by atoms with E-state index in [2.05, 4.69) is 36.6 Å². The Morgan fingerprint density at radius 3 is 1.14 bits per heavy atom. The Hall–Kier alpha value is -0.231. The number of rotatable bonds is 13. The molecule has 2 aliphatic rings. The SMILES string of the molecule is CC1(C)OC(C)(C)C(C=NCCN=CC2=C([O-])C(C)(C)OC2(C)C)=C1[O-].COCCC[PH+](C)C.COCCC[PH+](C)C.[99Tc]. The van der Waals surface area contributed by atoms with Crippen molar-refractivity contribution in [1.29, 1.82) is 0 Å². The number of hydrogen-bond acceptors (Lipinski definition) is 8. The average molecular weight is 732 g/mol. The molecule has 11 heteroatoms. The van der Waals surface area contributed by atoms with Crippen LogP contribution in [0.3, 0.4) is 0 Å². The predicted octanol–water partition coefficient (Wildman–Crippen LogP) is 4.52. The Kier molecular flexibility index (Phi) is 21.7. The minimum atomic E-state index is -0.819. The summed E-state index contributed by atoms with van der Waals surface area (Å²) in [4.78, 5) is 8.62. The van der Waals surface area contributed by atoms with Crippen LogP contribution in [0.1, 0.15) is 68.2 Å². The van der Waals surface area contributed by atoms with Gasteiger partial charge >= 0.3 is 0 Å². The number of methoxy groups -OCH3 is 2. The van der Waals surface area contributed by atoms with E-state index in [1.807, 2.05) is 27.7 Å². The normalized spacial score (nSPS) is 20.0. The van der Waals surface area contributed by atoms with E-state index in [9.17, 15) is 10.2 Å². The van der Waals surface area contributed by atoms with Crippen LogP contribution in [0.4, 0.5) is 0 Å². The van der Waals surface area contributed by atoms with E-state index >= 15 is 0 Å². The molecule has 0 aliphatic carbocycles. The zero-order valence-electron chi connectivity index (χ0n) is 29.5. The standard InChI is InChI=1S/C20H32N2O4.2C6H15OP.Tc/c1-17(2)13(15(23)19(5,6)25-17)11-21-9-10-22-12-14-16(24)20(7,8)26-18(14,3)4;2*1-7-5-4-6-8(2)3;/h11-12,23-24H,9-10H2,1-8H3;2*4-6H2,1-3H3;/i;;;1+1. The first-order chi connectivity index (χ1) is 19.2. The van der Waals surface area contributed by atoms with Crippen molar-refractivity contribution in [2.75, 3.05) is 79.5 Å². The molecule has 2 heterocycles.